The number of carbonyl (C=O) groups is 2. The summed E-state index contributed by atoms with van der Waals surface area (Å²) in [6, 6.07) is 0. The monoisotopic (exact) mass is 271 g/mol. The molecule has 7 nitrogen and oxygen atoms in total. The largest absolute Gasteiger partial charge is 0.357 e. The maximum absolute atomic E-state index is 11.4. The molecule has 0 aliphatic carbocycles. The maximum atomic E-state index is 11.4. The van der Waals surface area contributed by atoms with Gasteiger partial charge in [0.25, 0.3) is 0 Å². The van der Waals surface area contributed by atoms with E-state index >= 15 is 0 Å². The van der Waals surface area contributed by atoms with Crippen molar-refractivity contribution in [3.8, 4) is 0 Å². The first-order valence-corrected chi connectivity index (χ1v) is 6.50. The third-order valence-corrected chi connectivity index (χ3v) is 2.20. The average Bonchev–Trinajstić information content (AvgIpc) is 2.38. The van der Waals surface area contributed by atoms with Gasteiger partial charge in [-0.3, -0.25) is 9.59 Å². The van der Waals surface area contributed by atoms with Crippen molar-refractivity contribution in [1.29, 1.82) is 0 Å². The van der Waals surface area contributed by atoms with E-state index in [0.29, 0.717) is 19.0 Å². The molecule has 0 aliphatic rings. The Labute approximate surface area is 114 Å². The number of carbonyl (C=O) groups excluding carboxylic acids is 2. The van der Waals surface area contributed by atoms with Gasteiger partial charge in [-0.25, -0.2) is 4.99 Å². The second kappa shape index (κ2) is 10.2. The Kier molecular flexibility index (Phi) is 9.20. The number of likely N-dealkylation sites (N-methyl/N-ethyl adjacent to an activating group) is 1. The Hall–Kier alpha value is -1.79. The van der Waals surface area contributed by atoms with Crippen molar-refractivity contribution in [3.63, 3.8) is 0 Å². The summed E-state index contributed by atoms with van der Waals surface area (Å²) in [5, 5.41) is 8.59. The van der Waals surface area contributed by atoms with Gasteiger partial charge in [0.05, 0.1) is 6.54 Å². The van der Waals surface area contributed by atoms with Gasteiger partial charge in [0.2, 0.25) is 11.8 Å². The second-order valence-electron chi connectivity index (χ2n) is 4.19. The SMILES string of the molecule is CCCNC(=O)CN=C(NCC)NCC(=O)N(C)C. The zero-order valence-electron chi connectivity index (χ0n) is 12.2. The summed E-state index contributed by atoms with van der Waals surface area (Å²) < 4.78 is 0. The van der Waals surface area contributed by atoms with Crippen LogP contribution in [-0.2, 0) is 9.59 Å². The van der Waals surface area contributed by atoms with Crippen LogP contribution in [0.15, 0.2) is 4.99 Å². The topological polar surface area (TPSA) is 85.8 Å². The van der Waals surface area contributed by atoms with Crippen molar-refractivity contribution in [3.05, 3.63) is 0 Å². The molecule has 0 bridgehead atoms. The zero-order chi connectivity index (χ0) is 14.7. The van der Waals surface area contributed by atoms with Crippen LogP contribution in [0.5, 0.6) is 0 Å². The van der Waals surface area contributed by atoms with Crippen molar-refractivity contribution < 1.29 is 9.59 Å². The molecule has 0 saturated heterocycles. The first-order chi connectivity index (χ1) is 9.01. The number of nitrogens with zero attached hydrogens (tertiary/aromatic N) is 2. The summed E-state index contributed by atoms with van der Waals surface area (Å²) in [5.41, 5.74) is 0. The molecule has 0 rings (SSSR count). The average molecular weight is 271 g/mol. The predicted molar refractivity (Wildman–Crippen MR) is 76.0 cm³/mol. The van der Waals surface area contributed by atoms with Gasteiger partial charge in [-0.1, -0.05) is 6.92 Å². The van der Waals surface area contributed by atoms with E-state index in [4.69, 9.17) is 0 Å². The van der Waals surface area contributed by atoms with Gasteiger partial charge in [-0.05, 0) is 13.3 Å². The number of hydrogen-bond acceptors (Lipinski definition) is 3. The summed E-state index contributed by atoms with van der Waals surface area (Å²) in [4.78, 5) is 28.4. The molecule has 2 amide bonds. The summed E-state index contributed by atoms with van der Waals surface area (Å²) in [6.07, 6.45) is 0.894. The fraction of sp³-hybridized carbons (Fsp3) is 0.750. The van der Waals surface area contributed by atoms with Crippen LogP contribution >= 0.6 is 0 Å². The van der Waals surface area contributed by atoms with E-state index in [1.807, 2.05) is 13.8 Å². The summed E-state index contributed by atoms with van der Waals surface area (Å²) in [5.74, 6) is 0.281. The molecule has 0 fully saturated rings. The first-order valence-electron chi connectivity index (χ1n) is 6.50. The lowest BCUT2D eigenvalue weighted by molar-refractivity contribution is -0.127. The van der Waals surface area contributed by atoms with Gasteiger partial charge < -0.3 is 20.9 Å². The van der Waals surface area contributed by atoms with Gasteiger partial charge in [-0.2, -0.15) is 0 Å². The number of guanidine groups is 1. The minimum Gasteiger partial charge on any atom is -0.357 e. The number of amides is 2. The highest BCUT2D eigenvalue weighted by Gasteiger charge is 2.06. The maximum Gasteiger partial charge on any atom is 0.241 e. The van der Waals surface area contributed by atoms with Gasteiger partial charge in [0.1, 0.15) is 6.54 Å². The predicted octanol–water partition coefficient (Wildman–Crippen LogP) is -0.844. The Morgan fingerprint density at radius 1 is 1.11 bits per heavy atom. The quantitative estimate of drug-likeness (QED) is 0.416. The van der Waals surface area contributed by atoms with Crippen molar-refractivity contribution in [2.45, 2.75) is 20.3 Å². The highest BCUT2D eigenvalue weighted by Crippen LogP contribution is 1.79. The normalized spacial score (nSPS) is 10.8. The highest BCUT2D eigenvalue weighted by atomic mass is 16.2. The van der Waals surface area contributed by atoms with Crippen LogP contribution in [0.25, 0.3) is 0 Å². The lowest BCUT2D eigenvalue weighted by Gasteiger charge is -2.14. The molecule has 0 aromatic heterocycles. The highest BCUT2D eigenvalue weighted by molar-refractivity contribution is 5.88. The van der Waals surface area contributed by atoms with Gasteiger partial charge >= 0.3 is 0 Å². The summed E-state index contributed by atoms with van der Waals surface area (Å²) in [7, 11) is 3.37. The molecule has 7 heteroatoms. The van der Waals surface area contributed by atoms with Gasteiger partial charge in [0.15, 0.2) is 5.96 Å². The third kappa shape index (κ3) is 8.87. The van der Waals surface area contributed by atoms with Gasteiger partial charge in [-0.15, -0.1) is 0 Å². The molecule has 19 heavy (non-hydrogen) atoms. The lowest BCUT2D eigenvalue weighted by atomic mass is 10.4. The van der Waals surface area contributed by atoms with E-state index in [0.717, 1.165) is 6.42 Å². The van der Waals surface area contributed by atoms with Crippen molar-refractivity contribution in [2.75, 3.05) is 40.3 Å². The van der Waals surface area contributed by atoms with E-state index in [1.54, 1.807) is 14.1 Å². The Balaban J connectivity index is 4.22. The van der Waals surface area contributed by atoms with E-state index in [-0.39, 0.29) is 24.9 Å². The standard InChI is InChI=1S/C12H25N5O2/c1-5-7-14-10(18)8-15-12(13-6-2)16-9-11(19)17(3)4/h5-9H2,1-4H3,(H,14,18)(H2,13,15,16). The van der Waals surface area contributed by atoms with Crippen LogP contribution in [0.1, 0.15) is 20.3 Å². The number of aliphatic imine (C=N–C) groups is 1. The summed E-state index contributed by atoms with van der Waals surface area (Å²) >= 11 is 0. The van der Waals surface area contributed by atoms with Crippen LogP contribution in [0.4, 0.5) is 0 Å². The number of hydrogen-bond donors (Lipinski definition) is 3. The van der Waals surface area contributed by atoms with Crippen molar-refractivity contribution in [1.82, 2.24) is 20.9 Å². The van der Waals surface area contributed by atoms with Gasteiger partial charge in [0, 0.05) is 27.2 Å². The van der Waals surface area contributed by atoms with Crippen molar-refractivity contribution >= 4 is 17.8 Å². The van der Waals surface area contributed by atoms with Crippen LogP contribution in [0, 0.1) is 0 Å². The minimum atomic E-state index is -0.127. The molecule has 0 spiro atoms. The molecule has 0 aromatic rings. The second-order valence-corrected chi connectivity index (χ2v) is 4.19. The van der Waals surface area contributed by atoms with Crippen LogP contribution < -0.4 is 16.0 Å². The molecular weight excluding hydrogens is 246 g/mol. The summed E-state index contributed by atoms with van der Waals surface area (Å²) in [6.45, 7) is 5.42. The Morgan fingerprint density at radius 3 is 2.32 bits per heavy atom. The van der Waals surface area contributed by atoms with Crippen molar-refractivity contribution in [2.24, 2.45) is 4.99 Å². The van der Waals surface area contributed by atoms with E-state index in [9.17, 15) is 9.59 Å². The molecule has 0 aliphatic heterocycles. The molecule has 0 saturated carbocycles. The van der Waals surface area contributed by atoms with Crippen LogP contribution in [0.2, 0.25) is 0 Å². The Bertz CT molecular complexity index is 315. The third-order valence-electron chi connectivity index (χ3n) is 2.20. The molecule has 0 unspecified atom stereocenters. The smallest absolute Gasteiger partial charge is 0.241 e. The molecule has 0 aromatic carbocycles. The molecular formula is C12H25N5O2. The molecule has 110 valence electrons. The first kappa shape index (κ1) is 17.2. The van der Waals surface area contributed by atoms with Crippen LogP contribution in [0.3, 0.4) is 0 Å². The Morgan fingerprint density at radius 2 is 1.79 bits per heavy atom. The fourth-order valence-corrected chi connectivity index (χ4v) is 1.13. The number of rotatable bonds is 7. The zero-order valence-corrected chi connectivity index (χ0v) is 12.2. The van der Waals surface area contributed by atoms with E-state index in [2.05, 4.69) is 20.9 Å². The van der Waals surface area contributed by atoms with Crippen LogP contribution in [-0.4, -0.2) is 62.9 Å². The molecule has 3 N–H and O–H groups in total. The van der Waals surface area contributed by atoms with E-state index in [1.165, 1.54) is 4.90 Å². The molecule has 0 radical (unpaired) electrons. The lowest BCUT2D eigenvalue weighted by Crippen LogP contribution is -2.43. The van der Waals surface area contributed by atoms with E-state index < -0.39 is 0 Å². The molecule has 0 atom stereocenters. The number of nitrogens with one attached hydrogen (secondary N) is 3. The minimum absolute atomic E-state index is 0.0471. The fourth-order valence-electron chi connectivity index (χ4n) is 1.13. The molecule has 0 heterocycles.